The maximum atomic E-state index is 14.4. The van der Waals surface area contributed by atoms with E-state index in [1.165, 1.54) is 13.0 Å². The Morgan fingerprint density at radius 3 is 2.62 bits per heavy atom. The van der Waals surface area contributed by atoms with Gasteiger partial charge < -0.3 is 25.3 Å². The molecule has 1 fully saturated rings. The lowest BCUT2D eigenvalue weighted by Gasteiger charge is -2.37. The summed E-state index contributed by atoms with van der Waals surface area (Å²) in [6.45, 7) is 2.91. The molecule has 1 aliphatic heterocycles. The summed E-state index contributed by atoms with van der Waals surface area (Å²) in [4.78, 5) is 4.22. The van der Waals surface area contributed by atoms with Gasteiger partial charge >= 0.3 is 6.18 Å². The summed E-state index contributed by atoms with van der Waals surface area (Å²) >= 11 is 8.50. The SMILES string of the molecule is Cc1nc(C(OC2COC2C)[C@@H](O)CN/C=C(\C=N)c2ccc(Cl)c(F)c2F)n(-c2cc(Br)c(F)cc2C(F)(F)F)n1. The van der Waals surface area contributed by atoms with E-state index >= 15 is 0 Å². The lowest BCUT2D eigenvalue weighted by molar-refractivity contribution is -0.216. The first kappa shape index (κ1) is 31.9. The van der Waals surface area contributed by atoms with E-state index in [9.17, 15) is 31.4 Å². The predicted octanol–water partition coefficient (Wildman–Crippen LogP) is 5.91. The van der Waals surface area contributed by atoms with Crippen molar-refractivity contribution in [2.24, 2.45) is 0 Å². The van der Waals surface area contributed by atoms with Crippen LogP contribution in [0.25, 0.3) is 11.3 Å². The van der Waals surface area contributed by atoms with Gasteiger partial charge in [0.1, 0.15) is 30.0 Å². The normalized spacial score (nSPS) is 18.9. The highest BCUT2D eigenvalue weighted by atomic mass is 79.9. The number of hydrogen-bond donors (Lipinski definition) is 3. The lowest BCUT2D eigenvalue weighted by Crippen LogP contribution is -2.47. The van der Waals surface area contributed by atoms with Crippen molar-refractivity contribution in [2.45, 2.75) is 44.4 Å². The Morgan fingerprint density at radius 2 is 2.02 bits per heavy atom. The molecule has 0 amide bonds. The maximum absolute atomic E-state index is 14.4. The molecule has 1 saturated heterocycles. The average Bonchev–Trinajstić information content (AvgIpc) is 3.31. The number of benzene rings is 2. The third-order valence-electron chi connectivity index (χ3n) is 6.37. The van der Waals surface area contributed by atoms with Crippen molar-refractivity contribution in [1.82, 2.24) is 20.1 Å². The van der Waals surface area contributed by atoms with Crippen LogP contribution in [0.4, 0.5) is 26.3 Å². The van der Waals surface area contributed by atoms with E-state index in [0.29, 0.717) is 6.07 Å². The maximum Gasteiger partial charge on any atom is 0.418 e. The number of alkyl halides is 3. The summed E-state index contributed by atoms with van der Waals surface area (Å²) in [5, 5.41) is 25.1. The van der Waals surface area contributed by atoms with Gasteiger partial charge in [0, 0.05) is 30.1 Å². The average molecular weight is 683 g/mol. The van der Waals surface area contributed by atoms with E-state index in [1.807, 2.05) is 0 Å². The molecule has 0 bridgehead atoms. The molecule has 0 aliphatic carbocycles. The Hall–Kier alpha value is -2.98. The third kappa shape index (κ3) is 6.64. The number of nitrogens with zero attached hydrogens (tertiary/aromatic N) is 3. The molecule has 3 aromatic rings. The molecule has 8 nitrogen and oxygen atoms in total. The quantitative estimate of drug-likeness (QED) is 0.140. The number of nitrogens with one attached hydrogen (secondary N) is 2. The topological polar surface area (TPSA) is 105 Å². The van der Waals surface area contributed by atoms with Crippen LogP contribution in [0.3, 0.4) is 0 Å². The van der Waals surface area contributed by atoms with Gasteiger partial charge in [-0.25, -0.2) is 22.8 Å². The van der Waals surface area contributed by atoms with Crippen LogP contribution in [0.5, 0.6) is 0 Å². The van der Waals surface area contributed by atoms with Crippen LogP contribution < -0.4 is 5.32 Å². The highest BCUT2D eigenvalue weighted by Crippen LogP contribution is 2.38. The lowest BCUT2D eigenvalue weighted by atomic mass is 10.1. The molecule has 226 valence electrons. The summed E-state index contributed by atoms with van der Waals surface area (Å²) in [6.07, 6.45) is -6.93. The van der Waals surface area contributed by atoms with Gasteiger partial charge in [0.05, 0.1) is 33.5 Å². The Labute approximate surface area is 248 Å². The van der Waals surface area contributed by atoms with Crippen molar-refractivity contribution in [2.75, 3.05) is 13.2 Å². The molecule has 16 heteroatoms. The summed E-state index contributed by atoms with van der Waals surface area (Å²) in [7, 11) is 0. The second-order valence-corrected chi connectivity index (χ2v) is 10.5. The van der Waals surface area contributed by atoms with Crippen LogP contribution in [0.1, 0.15) is 35.8 Å². The number of aliphatic hydroxyl groups excluding tert-OH is 1. The molecule has 42 heavy (non-hydrogen) atoms. The van der Waals surface area contributed by atoms with Crippen LogP contribution in [0, 0.1) is 29.8 Å². The number of ether oxygens (including phenoxy) is 2. The van der Waals surface area contributed by atoms with Crippen molar-refractivity contribution in [3.8, 4) is 5.69 Å². The van der Waals surface area contributed by atoms with Gasteiger partial charge in [-0.15, -0.1) is 0 Å². The van der Waals surface area contributed by atoms with E-state index in [0.717, 1.165) is 29.2 Å². The second kappa shape index (κ2) is 12.7. The fraction of sp³-hybridized carbons (Fsp3) is 0.346. The van der Waals surface area contributed by atoms with Gasteiger partial charge in [-0.3, -0.25) is 0 Å². The highest BCUT2D eigenvalue weighted by molar-refractivity contribution is 9.10. The van der Waals surface area contributed by atoms with Crippen LogP contribution >= 0.6 is 27.5 Å². The standard InChI is InChI=1S/C26H23BrClF6N5O3/c1-11-21(10-41-11)42-24(20(40)9-36-8-13(7-35)14-3-4-17(28)23(31)22(14)30)25-37-12(2)38-39(25)19-6-16(27)18(29)5-15(19)26(32,33)34/h3-8,11,20-21,24,35-36,40H,9-10H2,1-2H3/b13-8+,35-7?/t11?,20-,21?,24?/m0/s1. The fourth-order valence-corrected chi connectivity index (χ4v) is 4.58. The van der Waals surface area contributed by atoms with Crippen LogP contribution in [0.15, 0.2) is 34.9 Å². The molecule has 4 rings (SSSR count). The van der Waals surface area contributed by atoms with E-state index in [2.05, 4.69) is 31.3 Å². The van der Waals surface area contributed by atoms with Gasteiger partial charge in [-0.1, -0.05) is 11.6 Å². The molecule has 2 heterocycles. The molecule has 3 N–H and O–H groups in total. The first-order chi connectivity index (χ1) is 19.7. The minimum atomic E-state index is -4.97. The van der Waals surface area contributed by atoms with E-state index in [-0.39, 0.29) is 40.4 Å². The minimum absolute atomic E-state index is 0.0384. The molecule has 4 atom stereocenters. The molecule has 1 aliphatic rings. The smallest absolute Gasteiger partial charge is 0.388 e. The van der Waals surface area contributed by atoms with Gasteiger partial charge in [0.25, 0.3) is 0 Å². The Bertz CT molecular complexity index is 1520. The number of halogens is 8. The third-order valence-corrected chi connectivity index (χ3v) is 7.27. The van der Waals surface area contributed by atoms with Crippen molar-refractivity contribution >= 4 is 39.3 Å². The summed E-state index contributed by atoms with van der Waals surface area (Å²) in [5.41, 5.74) is -2.28. The predicted molar refractivity (Wildman–Crippen MR) is 144 cm³/mol. The largest absolute Gasteiger partial charge is 0.418 e. The number of allylic oxidation sites excluding steroid dienone is 1. The first-order valence-electron chi connectivity index (χ1n) is 12.3. The van der Waals surface area contributed by atoms with E-state index in [4.69, 9.17) is 26.5 Å². The summed E-state index contributed by atoms with van der Waals surface area (Å²) < 4.78 is 96.2. The van der Waals surface area contributed by atoms with Gasteiger partial charge in [0.2, 0.25) is 0 Å². The fourth-order valence-electron chi connectivity index (χ4n) is 4.10. The number of aryl methyl sites for hydroxylation is 1. The zero-order valence-corrected chi connectivity index (χ0v) is 24.2. The molecule has 3 unspecified atom stereocenters. The Balaban J connectivity index is 1.70. The van der Waals surface area contributed by atoms with Crippen LogP contribution in [0.2, 0.25) is 5.02 Å². The number of aliphatic hydroxyl groups is 1. The second-order valence-electron chi connectivity index (χ2n) is 9.29. The molecule has 2 aromatic carbocycles. The van der Waals surface area contributed by atoms with Crippen molar-refractivity contribution in [1.29, 1.82) is 5.41 Å². The molecule has 0 saturated carbocycles. The van der Waals surface area contributed by atoms with E-state index < -0.39 is 64.3 Å². The van der Waals surface area contributed by atoms with Crippen molar-refractivity contribution in [3.63, 3.8) is 0 Å². The molecule has 1 aromatic heterocycles. The zero-order chi connectivity index (χ0) is 30.9. The number of hydrogen-bond acceptors (Lipinski definition) is 7. The molecule has 0 radical (unpaired) electrons. The first-order valence-corrected chi connectivity index (χ1v) is 13.4. The zero-order valence-electron chi connectivity index (χ0n) is 21.8. The van der Waals surface area contributed by atoms with Gasteiger partial charge in [-0.05, 0) is 54.0 Å². The van der Waals surface area contributed by atoms with Crippen molar-refractivity contribution in [3.05, 3.63) is 80.2 Å². The van der Waals surface area contributed by atoms with Crippen molar-refractivity contribution < 1.29 is 40.9 Å². The highest BCUT2D eigenvalue weighted by Gasteiger charge is 2.40. The minimum Gasteiger partial charge on any atom is -0.388 e. The van der Waals surface area contributed by atoms with E-state index in [1.54, 1.807) is 6.92 Å². The summed E-state index contributed by atoms with van der Waals surface area (Å²) in [5.74, 6) is -3.90. The Morgan fingerprint density at radius 1 is 1.31 bits per heavy atom. The number of rotatable bonds is 10. The van der Waals surface area contributed by atoms with Gasteiger partial charge in [0.15, 0.2) is 17.5 Å². The molecular formula is C26H23BrClF6N5O3. The van der Waals surface area contributed by atoms with Gasteiger partial charge in [-0.2, -0.15) is 18.3 Å². The summed E-state index contributed by atoms with van der Waals surface area (Å²) in [6, 6.07) is 3.50. The number of aromatic nitrogens is 3. The Kier molecular flexibility index (Phi) is 9.67. The monoisotopic (exact) mass is 681 g/mol. The molecule has 0 spiro atoms. The van der Waals surface area contributed by atoms with Crippen LogP contribution in [-0.4, -0.2) is 57.5 Å². The molecular weight excluding hydrogens is 660 g/mol. The van der Waals surface area contributed by atoms with Crippen LogP contribution in [-0.2, 0) is 15.7 Å².